The highest BCUT2D eigenvalue weighted by Crippen LogP contribution is 2.17. The maximum Gasteiger partial charge on any atom is 0.118 e. The third-order valence-corrected chi connectivity index (χ3v) is 2.05. The zero-order valence-corrected chi connectivity index (χ0v) is 7.46. The van der Waals surface area contributed by atoms with Crippen LogP contribution in [0.3, 0.4) is 0 Å². The number of hydrogen-bond donors (Lipinski definition) is 6. The second-order valence-electron chi connectivity index (χ2n) is 3.17. The molecule has 0 radical (unpaired) electrons. The molecule has 80 valence electrons. The Labute approximate surface area is 76.2 Å². The van der Waals surface area contributed by atoms with Gasteiger partial charge in [0.15, 0.2) is 0 Å². The molecule has 0 heterocycles. The third kappa shape index (κ3) is 2.87. The number of aliphatic hydroxyl groups excluding tert-OH is 4. The van der Waals surface area contributed by atoms with Crippen LogP contribution >= 0.6 is 0 Å². The van der Waals surface area contributed by atoms with Gasteiger partial charge < -0.3 is 31.3 Å². The summed E-state index contributed by atoms with van der Waals surface area (Å²) in [6, 6.07) is 0. The molecule has 0 aliphatic carbocycles. The molecule has 6 nitrogen and oxygen atoms in total. The second kappa shape index (κ2) is 4.85. The highest BCUT2D eigenvalue weighted by atomic mass is 16.4. The van der Waals surface area contributed by atoms with Crippen LogP contribution in [0.15, 0.2) is 0 Å². The van der Waals surface area contributed by atoms with Gasteiger partial charge in [0.1, 0.15) is 17.8 Å². The van der Waals surface area contributed by atoms with Gasteiger partial charge >= 0.3 is 0 Å². The highest BCUT2D eigenvalue weighted by Gasteiger charge is 2.41. The molecular weight excluding hydrogens is 178 g/mol. The Morgan fingerprint density at radius 3 is 2.08 bits per heavy atom. The predicted molar refractivity (Wildman–Crippen MR) is 44.8 cm³/mol. The first-order valence-corrected chi connectivity index (χ1v) is 3.95. The fourth-order valence-electron chi connectivity index (χ4n) is 0.900. The minimum atomic E-state index is -1.98. The molecule has 0 spiro atoms. The van der Waals surface area contributed by atoms with E-state index in [1.807, 2.05) is 0 Å². The van der Waals surface area contributed by atoms with E-state index in [1.54, 1.807) is 0 Å². The molecule has 4 unspecified atom stereocenters. The van der Waals surface area contributed by atoms with E-state index in [0.29, 0.717) is 0 Å². The molecule has 0 aromatic heterocycles. The van der Waals surface area contributed by atoms with Gasteiger partial charge in [0, 0.05) is 6.54 Å². The predicted octanol–water partition coefficient (Wildman–Crippen LogP) is -3.23. The van der Waals surface area contributed by atoms with Gasteiger partial charge in [-0.25, -0.2) is 0 Å². The highest BCUT2D eigenvalue weighted by molar-refractivity contribution is 4.92. The summed E-state index contributed by atoms with van der Waals surface area (Å²) in [6.07, 6.45) is -4.46. The average Bonchev–Trinajstić information content (AvgIpc) is 2.13. The van der Waals surface area contributed by atoms with E-state index < -0.39 is 30.5 Å². The molecule has 7 N–H and O–H groups in total. The minimum Gasteiger partial charge on any atom is -0.394 e. The standard InChI is InChI=1S/C7H17NO5/c1-7(13,5(11)3-9)6(12)4(10)2-8/h4-6,9-13H,2-3,8H2,1H3. The van der Waals surface area contributed by atoms with Crippen LogP contribution in [0.5, 0.6) is 0 Å². The van der Waals surface area contributed by atoms with Crippen molar-refractivity contribution in [2.75, 3.05) is 13.2 Å². The summed E-state index contributed by atoms with van der Waals surface area (Å²) >= 11 is 0. The van der Waals surface area contributed by atoms with Crippen molar-refractivity contribution in [3.8, 4) is 0 Å². The van der Waals surface area contributed by atoms with E-state index in [1.165, 1.54) is 0 Å². The van der Waals surface area contributed by atoms with Crippen LogP contribution in [-0.4, -0.2) is 62.6 Å². The van der Waals surface area contributed by atoms with Crippen LogP contribution in [0.4, 0.5) is 0 Å². The molecule has 0 bridgehead atoms. The van der Waals surface area contributed by atoms with Crippen molar-refractivity contribution in [2.24, 2.45) is 5.73 Å². The van der Waals surface area contributed by atoms with Crippen LogP contribution in [-0.2, 0) is 0 Å². The first kappa shape index (κ1) is 12.8. The molecule has 0 amide bonds. The van der Waals surface area contributed by atoms with Gasteiger partial charge in [0.25, 0.3) is 0 Å². The summed E-state index contributed by atoms with van der Waals surface area (Å²) < 4.78 is 0. The second-order valence-corrected chi connectivity index (χ2v) is 3.17. The van der Waals surface area contributed by atoms with Crippen molar-refractivity contribution in [1.29, 1.82) is 0 Å². The van der Waals surface area contributed by atoms with Gasteiger partial charge in [-0.1, -0.05) is 0 Å². The Morgan fingerprint density at radius 2 is 1.77 bits per heavy atom. The fourth-order valence-corrected chi connectivity index (χ4v) is 0.900. The average molecular weight is 195 g/mol. The summed E-state index contributed by atoms with van der Waals surface area (Å²) in [5.41, 5.74) is 3.07. The van der Waals surface area contributed by atoms with E-state index in [-0.39, 0.29) is 6.54 Å². The maximum atomic E-state index is 9.48. The van der Waals surface area contributed by atoms with E-state index in [0.717, 1.165) is 6.92 Å². The van der Waals surface area contributed by atoms with Gasteiger partial charge in [-0.2, -0.15) is 0 Å². The Kier molecular flexibility index (Phi) is 4.76. The summed E-state index contributed by atoms with van der Waals surface area (Å²) in [6.45, 7) is 0.161. The Morgan fingerprint density at radius 1 is 1.31 bits per heavy atom. The zero-order valence-electron chi connectivity index (χ0n) is 7.46. The fraction of sp³-hybridized carbons (Fsp3) is 1.00. The lowest BCUT2D eigenvalue weighted by Crippen LogP contribution is -2.57. The SMILES string of the molecule is CC(O)(C(O)CO)C(O)C(O)CN. The van der Waals surface area contributed by atoms with Crippen LogP contribution < -0.4 is 5.73 Å². The smallest absolute Gasteiger partial charge is 0.118 e. The molecule has 13 heavy (non-hydrogen) atoms. The largest absolute Gasteiger partial charge is 0.394 e. The molecular formula is C7H17NO5. The summed E-state index contributed by atoms with van der Waals surface area (Å²) in [7, 11) is 0. The van der Waals surface area contributed by atoms with Gasteiger partial charge in [-0.15, -0.1) is 0 Å². The van der Waals surface area contributed by atoms with E-state index in [2.05, 4.69) is 0 Å². The molecule has 0 saturated heterocycles. The van der Waals surface area contributed by atoms with Crippen molar-refractivity contribution in [3.63, 3.8) is 0 Å². The Bertz CT molecular complexity index is 152. The molecule has 0 saturated carbocycles. The van der Waals surface area contributed by atoms with Crippen molar-refractivity contribution in [2.45, 2.75) is 30.8 Å². The van der Waals surface area contributed by atoms with Crippen LogP contribution in [0.2, 0.25) is 0 Å². The maximum absolute atomic E-state index is 9.48. The van der Waals surface area contributed by atoms with Gasteiger partial charge in [-0.3, -0.25) is 0 Å². The van der Waals surface area contributed by atoms with Gasteiger partial charge in [0.05, 0.1) is 12.7 Å². The van der Waals surface area contributed by atoms with E-state index in [9.17, 15) is 10.2 Å². The first-order chi connectivity index (χ1) is 5.87. The third-order valence-electron chi connectivity index (χ3n) is 2.05. The number of hydrogen-bond acceptors (Lipinski definition) is 6. The van der Waals surface area contributed by atoms with Crippen molar-refractivity contribution in [3.05, 3.63) is 0 Å². The van der Waals surface area contributed by atoms with Gasteiger partial charge in [-0.05, 0) is 6.92 Å². The lowest BCUT2D eigenvalue weighted by atomic mass is 9.89. The molecule has 0 aromatic rings. The summed E-state index contributed by atoms with van der Waals surface area (Å²) in [5.74, 6) is 0. The lowest BCUT2D eigenvalue weighted by Gasteiger charge is -2.34. The molecule has 0 aromatic carbocycles. The Balaban J connectivity index is 4.42. The number of nitrogens with two attached hydrogens (primary N) is 1. The quantitative estimate of drug-likeness (QED) is 0.274. The molecule has 0 rings (SSSR count). The summed E-state index contributed by atoms with van der Waals surface area (Å²) in [4.78, 5) is 0. The number of rotatable bonds is 5. The molecule has 0 aliphatic rings. The normalized spacial score (nSPS) is 23.3. The van der Waals surface area contributed by atoms with Crippen LogP contribution in [0.25, 0.3) is 0 Å². The first-order valence-electron chi connectivity index (χ1n) is 3.95. The topological polar surface area (TPSA) is 127 Å². The molecule has 4 atom stereocenters. The summed E-state index contributed by atoms with van der Waals surface area (Å²) in [5, 5.41) is 45.5. The van der Waals surface area contributed by atoms with E-state index >= 15 is 0 Å². The monoisotopic (exact) mass is 195 g/mol. The zero-order chi connectivity index (χ0) is 10.6. The van der Waals surface area contributed by atoms with Crippen molar-refractivity contribution < 1.29 is 25.5 Å². The van der Waals surface area contributed by atoms with Crippen LogP contribution in [0.1, 0.15) is 6.92 Å². The Hall–Kier alpha value is -0.240. The van der Waals surface area contributed by atoms with Crippen LogP contribution in [0, 0.1) is 0 Å². The minimum absolute atomic E-state index is 0.241. The number of aliphatic hydroxyl groups is 5. The molecule has 0 aliphatic heterocycles. The molecule has 6 heteroatoms. The molecule has 0 fully saturated rings. The van der Waals surface area contributed by atoms with E-state index in [4.69, 9.17) is 21.1 Å². The lowest BCUT2D eigenvalue weighted by molar-refractivity contribution is -0.173. The van der Waals surface area contributed by atoms with Gasteiger partial charge in [0.2, 0.25) is 0 Å². The van der Waals surface area contributed by atoms with Crippen molar-refractivity contribution >= 4 is 0 Å². The van der Waals surface area contributed by atoms with Crippen molar-refractivity contribution in [1.82, 2.24) is 0 Å².